The maximum absolute atomic E-state index is 12.3. The third-order valence-corrected chi connectivity index (χ3v) is 6.11. The monoisotopic (exact) mass is 507 g/mol. The molecular formula is C21H42IN5O. The highest BCUT2D eigenvalue weighted by molar-refractivity contribution is 14.0. The second-order valence-electron chi connectivity index (χ2n) is 9.08. The van der Waals surface area contributed by atoms with Crippen molar-refractivity contribution in [1.82, 2.24) is 20.4 Å². The molecule has 1 amide bonds. The molecule has 0 bridgehead atoms. The van der Waals surface area contributed by atoms with Crippen LogP contribution in [0.25, 0.3) is 0 Å². The minimum Gasteiger partial charge on any atom is -0.356 e. The summed E-state index contributed by atoms with van der Waals surface area (Å²) in [5, 5.41) is 7.00. The third-order valence-electron chi connectivity index (χ3n) is 6.11. The van der Waals surface area contributed by atoms with E-state index < -0.39 is 0 Å². The van der Waals surface area contributed by atoms with Crippen LogP contribution >= 0.6 is 24.0 Å². The van der Waals surface area contributed by atoms with Gasteiger partial charge in [-0.3, -0.25) is 14.7 Å². The molecule has 164 valence electrons. The fraction of sp³-hybridized carbons (Fsp3) is 0.905. The Labute approximate surface area is 189 Å². The van der Waals surface area contributed by atoms with E-state index >= 15 is 0 Å². The Bertz CT molecular complexity index is 505. The van der Waals surface area contributed by atoms with Gasteiger partial charge >= 0.3 is 0 Å². The van der Waals surface area contributed by atoms with Gasteiger partial charge in [0.05, 0.1) is 6.04 Å². The van der Waals surface area contributed by atoms with E-state index in [9.17, 15) is 4.79 Å². The topological polar surface area (TPSA) is 60.0 Å². The van der Waals surface area contributed by atoms with Gasteiger partial charge in [0.25, 0.3) is 0 Å². The van der Waals surface area contributed by atoms with Crippen LogP contribution < -0.4 is 10.6 Å². The zero-order valence-electron chi connectivity index (χ0n) is 18.6. The van der Waals surface area contributed by atoms with Crippen LogP contribution in [0, 0.1) is 11.3 Å². The molecule has 0 radical (unpaired) electrons. The van der Waals surface area contributed by atoms with Crippen molar-refractivity contribution in [2.45, 2.75) is 64.8 Å². The standard InChI is InChI=1S/C21H41N5O.HI/c1-17(2)15-21(10-7-11-21)16-24-20(22-3)23-12-8-14-26-13-6-9-18(26)19(27)25(4)5;/h17-18H,6-16H2,1-5H3,(H2,22,23,24);1H. The van der Waals surface area contributed by atoms with Crippen molar-refractivity contribution < 1.29 is 4.79 Å². The Hall–Kier alpha value is -0.570. The Kier molecular flexibility index (Phi) is 11.1. The number of hydrogen-bond acceptors (Lipinski definition) is 3. The molecule has 2 rings (SSSR count). The van der Waals surface area contributed by atoms with Crippen LogP contribution in [-0.2, 0) is 4.79 Å². The van der Waals surface area contributed by atoms with Crippen molar-refractivity contribution in [3.8, 4) is 0 Å². The minimum atomic E-state index is 0. The van der Waals surface area contributed by atoms with Crippen molar-refractivity contribution in [2.75, 3.05) is 47.3 Å². The Balaban J connectivity index is 0.00000392. The summed E-state index contributed by atoms with van der Waals surface area (Å²) < 4.78 is 0. The van der Waals surface area contributed by atoms with Crippen LogP contribution in [-0.4, -0.2) is 75.0 Å². The van der Waals surface area contributed by atoms with Gasteiger partial charge < -0.3 is 15.5 Å². The number of carbonyl (C=O) groups excluding carboxylic acids is 1. The summed E-state index contributed by atoms with van der Waals surface area (Å²) in [5.41, 5.74) is 0.473. The molecule has 2 aliphatic rings. The van der Waals surface area contributed by atoms with Crippen LogP contribution in [0.15, 0.2) is 4.99 Å². The van der Waals surface area contributed by atoms with Gasteiger partial charge in [0, 0.05) is 40.8 Å². The van der Waals surface area contributed by atoms with Gasteiger partial charge in [0.15, 0.2) is 5.96 Å². The van der Waals surface area contributed by atoms with Gasteiger partial charge in [-0.1, -0.05) is 20.3 Å². The molecule has 2 N–H and O–H groups in total. The van der Waals surface area contributed by atoms with Crippen molar-refractivity contribution in [3.05, 3.63) is 0 Å². The van der Waals surface area contributed by atoms with Gasteiger partial charge in [-0.05, 0) is 56.4 Å². The zero-order chi connectivity index (χ0) is 19.9. The molecule has 1 saturated carbocycles. The quantitative estimate of drug-likeness (QED) is 0.218. The summed E-state index contributed by atoms with van der Waals surface area (Å²) in [6, 6.07) is 0.0759. The lowest BCUT2D eigenvalue weighted by Gasteiger charge is -2.43. The van der Waals surface area contributed by atoms with Crippen molar-refractivity contribution in [1.29, 1.82) is 0 Å². The van der Waals surface area contributed by atoms with E-state index in [4.69, 9.17) is 0 Å². The molecule has 1 aliphatic carbocycles. The molecular weight excluding hydrogens is 465 g/mol. The lowest BCUT2D eigenvalue weighted by Crippen LogP contribution is -2.47. The number of amides is 1. The number of likely N-dealkylation sites (N-methyl/N-ethyl adjacent to an activating group) is 1. The van der Waals surface area contributed by atoms with E-state index in [1.165, 1.54) is 25.7 Å². The van der Waals surface area contributed by atoms with Crippen LogP contribution in [0.2, 0.25) is 0 Å². The summed E-state index contributed by atoms with van der Waals surface area (Å²) in [7, 11) is 5.55. The molecule has 28 heavy (non-hydrogen) atoms. The number of carbonyl (C=O) groups is 1. The largest absolute Gasteiger partial charge is 0.356 e. The van der Waals surface area contributed by atoms with Gasteiger partial charge in [-0.25, -0.2) is 0 Å². The number of likely N-dealkylation sites (tertiary alicyclic amines) is 1. The summed E-state index contributed by atoms with van der Waals surface area (Å²) in [5.74, 6) is 1.90. The molecule has 0 aromatic carbocycles. The molecule has 7 heteroatoms. The SMILES string of the molecule is CN=C(NCCCN1CCCC1C(=O)N(C)C)NCC1(CC(C)C)CCC1.I. The number of rotatable bonds is 9. The maximum Gasteiger partial charge on any atom is 0.239 e. The first-order chi connectivity index (χ1) is 12.9. The average molecular weight is 508 g/mol. The molecule has 1 saturated heterocycles. The van der Waals surface area contributed by atoms with Gasteiger partial charge in [-0.2, -0.15) is 0 Å². The van der Waals surface area contributed by atoms with Crippen LogP contribution in [0.4, 0.5) is 0 Å². The van der Waals surface area contributed by atoms with E-state index in [1.807, 2.05) is 21.1 Å². The predicted octanol–water partition coefficient (Wildman–Crippen LogP) is 2.93. The molecule has 6 nitrogen and oxygen atoms in total. The fourth-order valence-corrected chi connectivity index (χ4v) is 4.65. The van der Waals surface area contributed by atoms with Crippen LogP contribution in [0.5, 0.6) is 0 Å². The Morgan fingerprint density at radius 1 is 1.25 bits per heavy atom. The van der Waals surface area contributed by atoms with E-state index in [0.29, 0.717) is 5.41 Å². The molecule has 1 atom stereocenters. The second kappa shape index (κ2) is 12.2. The highest BCUT2D eigenvalue weighted by Gasteiger charge is 2.37. The number of nitrogens with one attached hydrogen (secondary N) is 2. The van der Waals surface area contributed by atoms with E-state index in [-0.39, 0.29) is 35.9 Å². The predicted molar refractivity (Wildman–Crippen MR) is 128 cm³/mol. The lowest BCUT2D eigenvalue weighted by molar-refractivity contribution is -0.133. The first-order valence-electron chi connectivity index (χ1n) is 10.8. The van der Waals surface area contributed by atoms with E-state index in [1.54, 1.807) is 4.90 Å². The summed E-state index contributed by atoms with van der Waals surface area (Å²) in [6.45, 7) is 8.55. The summed E-state index contributed by atoms with van der Waals surface area (Å²) >= 11 is 0. The molecule has 1 aliphatic heterocycles. The number of nitrogens with zero attached hydrogens (tertiary/aromatic N) is 3. The maximum atomic E-state index is 12.3. The summed E-state index contributed by atoms with van der Waals surface area (Å²) in [4.78, 5) is 20.7. The van der Waals surface area contributed by atoms with E-state index in [2.05, 4.69) is 34.4 Å². The minimum absolute atomic E-state index is 0. The normalized spacial score (nSPS) is 21.8. The van der Waals surface area contributed by atoms with Crippen molar-refractivity contribution in [2.24, 2.45) is 16.3 Å². The average Bonchev–Trinajstić information content (AvgIpc) is 3.05. The lowest BCUT2D eigenvalue weighted by atomic mass is 9.64. The number of halogens is 1. The molecule has 0 aromatic heterocycles. The molecule has 1 unspecified atom stereocenters. The zero-order valence-corrected chi connectivity index (χ0v) is 20.9. The molecule has 2 fully saturated rings. The van der Waals surface area contributed by atoms with Crippen molar-refractivity contribution in [3.63, 3.8) is 0 Å². The molecule has 0 spiro atoms. The first kappa shape index (κ1) is 25.5. The second-order valence-corrected chi connectivity index (χ2v) is 9.08. The highest BCUT2D eigenvalue weighted by Crippen LogP contribution is 2.45. The Morgan fingerprint density at radius 3 is 2.50 bits per heavy atom. The first-order valence-corrected chi connectivity index (χ1v) is 10.8. The number of hydrogen-bond donors (Lipinski definition) is 2. The fourth-order valence-electron chi connectivity index (χ4n) is 4.65. The summed E-state index contributed by atoms with van der Waals surface area (Å²) in [6.07, 6.45) is 8.48. The Morgan fingerprint density at radius 2 is 1.96 bits per heavy atom. The van der Waals surface area contributed by atoms with E-state index in [0.717, 1.165) is 57.3 Å². The molecule has 1 heterocycles. The van der Waals surface area contributed by atoms with Crippen molar-refractivity contribution >= 4 is 35.8 Å². The van der Waals surface area contributed by atoms with Crippen LogP contribution in [0.1, 0.15) is 58.8 Å². The van der Waals surface area contributed by atoms with Crippen LogP contribution in [0.3, 0.4) is 0 Å². The smallest absolute Gasteiger partial charge is 0.239 e. The highest BCUT2D eigenvalue weighted by atomic mass is 127. The van der Waals surface area contributed by atoms with Gasteiger partial charge in [0.2, 0.25) is 5.91 Å². The number of aliphatic imine (C=N–C) groups is 1. The molecule has 0 aromatic rings. The third kappa shape index (κ3) is 7.35. The number of guanidine groups is 1. The van der Waals surface area contributed by atoms with Gasteiger partial charge in [-0.15, -0.1) is 24.0 Å². The van der Waals surface area contributed by atoms with Gasteiger partial charge in [0.1, 0.15) is 0 Å².